The van der Waals surface area contributed by atoms with E-state index in [1.165, 1.54) is 0 Å². The van der Waals surface area contributed by atoms with E-state index < -0.39 is 0 Å². The van der Waals surface area contributed by atoms with Gasteiger partial charge in [-0.05, 0) is 13.0 Å². The van der Waals surface area contributed by atoms with Gasteiger partial charge in [-0.15, -0.1) is 0 Å². The van der Waals surface area contributed by atoms with Gasteiger partial charge < -0.3 is 4.57 Å². The van der Waals surface area contributed by atoms with Gasteiger partial charge in [0.15, 0.2) is 0 Å². The second kappa shape index (κ2) is 4.41. The largest absolute Gasteiger partial charge is 0.328 e. The average molecular weight is 228 g/mol. The highest BCUT2D eigenvalue weighted by atomic mass is 15.2. The fraction of sp³-hybridized carbons (Fsp3) is 0.231. The SMILES string of the molecule is C=C(C)/C=C\c1ncc(-c2cnn(C)c2)n1C. The molecular formula is C13H16N4. The number of hydrogen-bond donors (Lipinski definition) is 0. The summed E-state index contributed by atoms with van der Waals surface area (Å²) in [4.78, 5) is 4.37. The fourth-order valence-electron chi connectivity index (χ4n) is 1.62. The van der Waals surface area contributed by atoms with Crippen molar-refractivity contribution in [3.8, 4) is 11.3 Å². The molecule has 4 nitrogen and oxygen atoms in total. The van der Waals surface area contributed by atoms with Gasteiger partial charge in [0.1, 0.15) is 5.82 Å². The number of aryl methyl sites for hydroxylation is 1. The quantitative estimate of drug-likeness (QED) is 0.756. The molecule has 2 heterocycles. The maximum Gasteiger partial charge on any atom is 0.132 e. The summed E-state index contributed by atoms with van der Waals surface area (Å²) in [5, 5.41) is 4.16. The second-order valence-electron chi connectivity index (χ2n) is 4.14. The van der Waals surface area contributed by atoms with Crippen LogP contribution in [0.25, 0.3) is 17.3 Å². The highest BCUT2D eigenvalue weighted by Gasteiger charge is 2.07. The third-order valence-electron chi connectivity index (χ3n) is 2.54. The Bertz CT molecular complexity index is 572. The fourth-order valence-corrected chi connectivity index (χ4v) is 1.62. The molecule has 0 atom stereocenters. The number of allylic oxidation sites excluding steroid dienone is 2. The van der Waals surface area contributed by atoms with Gasteiger partial charge in [-0.1, -0.05) is 18.2 Å². The van der Waals surface area contributed by atoms with Crippen molar-refractivity contribution in [2.75, 3.05) is 0 Å². The van der Waals surface area contributed by atoms with Crippen molar-refractivity contribution in [1.82, 2.24) is 19.3 Å². The van der Waals surface area contributed by atoms with Crippen LogP contribution in [0, 0.1) is 0 Å². The molecule has 0 radical (unpaired) electrons. The van der Waals surface area contributed by atoms with Crippen LogP contribution in [0.1, 0.15) is 12.7 Å². The van der Waals surface area contributed by atoms with Crippen molar-refractivity contribution < 1.29 is 0 Å². The second-order valence-corrected chi connectivity index (χ2v) is 4.14. The minimum Gasteiger partial charge on any atom is -0.328 e. The van der Waals surface area contributed by atoms with Gasteiger partial charge >= 0.3 is 0 Å². The van der Waals surface area contributed by atoms with Crippen LogP contribution in [0.2, 0.25) is 0 Å². The van der Waals surface area contributed by atoms with E-state index in [9.17, 15) is 0 Å². The summed E-state index contributed by atoms with van der Waals surface area (Å²) in [5.41, 5.74) is 3.13. The van der Waals surface area contributed by atoms with Crippen LogP contribution in [0.5, 0.6) is 0 Å². The molecule has 0 unspecified atom stereocenters. The summed E-state index contributed by atoms with van der Waals surface area (Å²) in [6.07, 6.45) is 9.58. The third-order valence-corrected chi connectivity index (χ3v) is 2.54. The first-order valence-corrected chi connectivity index (χ1v) is 5.42. The van der Waals surface area contributed by atoms with Crippen molar-refractivity contribution in [1.29, 1.82) is 0 Å². The molecular weight excluding hydrogens is 212 g/mol. The predicted molar refractivity (Wildman–Crippen MR) is 69.3 cm³/mol. The normalized spacial score (nSPS) is 11.2. The van der Waals surface area contributed by atoms with Crippen molar-refractivity contribution >= 4 is 6.08 Å². The molecule has 17 heavy (non-hydrogen) atoms. The van der Waals surface area contributed by atoms with Gasteiger partial charge in [-0.25, -0.2) is 4.98 Å². The Kier molecular flexibility index (Phi) is 2.95. The van der Waals surface area contributed by atoms with Gasteiger partial charge in [0, 0.05) is 25.9 Å². The van der Waals surface area contributed by atoms with Crippen LogP contribution >= 0.6 is 0 Å². The minimum atomic E-state index is 0.909. The van der Waals surface area contributed by atoms with Crippen LogP contribution in [0.15, 0.2) is 36.8 Å². The summed E-state index contributed by atoms with van der Waals surface area (Å²) in [5.74, 6) is 0.909. The smallest absolute Gasteiger partial charge is 0.132 e. The first-order valence-electron chi connectivity index (χ1n) is 5.42. The van der Waals surface area contributed by atoms with E-state index in [-0.39, 0.29) is 0 Å². The van der Waals surface area contributed by atoms with E-state index in [1.54, 1.807) is 4.68 Å². The standard InChI is InChI=1S/C13H16N4/c1-10(2)5-6-13-14-8-12(17(13)4)11-7-15-16(3)9-11/h5-9H,1H2,2-4H3/b6-5-. The molecule has 2 aromatic heterocycles. The molecule has 0 amide bonds. The molecule has 0 aliphatic heterocycles. The van der Waals surface area contributed by atoms with Crippen LogP contribution in [0.4, 0.5) is 0 Å². The zero-order chi connectivity index (χ0) is 12.4. The lowest BCUT2D eigenvalue weighted by atomic mass is 10.3. The summed E-state index contributed by atoms with van der Waals surface area (Å²) in [6.45, 7) is 5.79. The van der Waals surface area contributed by atoms with Gasteiger partial charge in [-0.2, -0.15) is 5.10 Å². The molecule has 4 heteroatoms. The van der Waals surface area contributed by atoms with E-state index in [1.807, 2.05) is 56.3 Å². The van der Waals surface area contributed by atoms with E-state index in [2.05, 4.69) is 16.7 Å². The van der Waals surface area contributed by atoms with Crippen LogP contribution < -0.4 is 0 Å². The Hall–Kier alpha value is -2.10. The Morgan fingerprint density at radius 2 is 2.12 bits per heavy atom. The molecule has 0 saturated heterocycles. The van der Waals surface area contributed by atoms with Gasteiger partial charge in [0.2, 0.25) is 0 Å². The average Bonchev–Trinajstić information content (AvgIpc) is 2.82. The predicted octanol–water partition coefficient (Wildman–Crippen LogP) is 2.41. The lowest BCUT2D eigenvalue weighted by Crippen LogP contribution is -1.94. The highest BCUT2D eigenvalue weighted by Crippen LogP contribution is 2.19. The number of nitrogens with zero attached hydrogens (tertiary/aromatic N) is 4. The van der Waals surface area contributed by atoms with Crippen LogP contribution in [-0.2, 0) is 14.1 Å². The first-order chi connectivity index (χ1) is 8.08. The molecule has 0 N–H and O–H groups in total. The van der Waals surface area contributed by atoms with E-state index >= 15 is 0 Å². The zero-order valence-electron chi connectivity index (χ0n) is 10.4. The molecule has 0 bridgehead atoms. The Balaban J connectivity index is 2.36. The number of hydrogen-bond acceptors (Lipinski definition) is 2. The molecule has 2 aromatic rings. The molecule has 0 saturated carbocycles. The van der Waals surface area contributed by atoms with E-state index in [4.69, 9.17) is 0 Å². The molecule has 0 fully saturated rings. The topological polar surface area (TPSA) is 35.6 Å². The van der Waals surface area contributed by atoms with Crippen molar-refractivity contribution in [3.63, 3.8) is 0 Å². The number of aromatic nitrogens is 4. The third kappa shape index (κ3) is 2.36. The van der Waals surface area contributed by atoms with Gasteiger partial charge in [0.05, 0.1) is 18.1 Å². The summed E-state index contributed by atoms with van der Waals surface area (Å²) < 4.78 is 3.82. The number of imidazole rings is 1. The minimum absolute atomic E-state index is 0.909. The van der Waals surface area contributed by atoms with Crippen LogP contribution in [0.3, 0.4) is 0 Å². The summed E-state index contributed by atoms with van der Waals surface area (Å²) in [6, 6.07) is 0. The number of rotatable bonds is 3. The summed E-state index contributed by atoms with van der Waals surface area (Å²) >= 11 is 0. The highest BCUT2D eigenvalue weighted by molar-refractivity contribution is 5.60. The Morgan fingerprint density at radius 3 is 2.71 bits per heavy atom. The monoisotopic (exact) mass is 228 g/mol. The van der Waals surface area contributed by atoms with Crippen molar-refractivity contribution in [2.24, 2.45) is 14.1 Å². The lowest BCUT2D eigenvalue weighted by molar-refractivity contribution is 0.768. The molecule has 0 aliphatic carbocycles. The maximum atomic E-state index is 4.37. The zero-order valence-corrected chi connectivity index (χ0v) is 10.4. The molecule has 0 spiro atoms. The van der Waals surface area contributed by atoms with E-state index in [0.29, 0.717) is 0 Å². The first kappa shape index (κ1) is 11.4. The Morgan fingerprint density at radius 1 is 1.35 bits per heavy atom. The van der Waals surface area contributed by atoms with E-state index in [0.717, 1.165) is 22.7 Å². The molecule has 88 valence electrons. The lowest BCUT2D eigenvalue weighted by Gasteiger charge is -2.00. The maximum absolute atomic E-state index is 4.37. The molecule has 2 rings (SSSR count). The van der Waals surface area contributed by atoms with Crippen molar-refractivity contribution in [2.45, 2.75) is 6.92 Å². The van der Waals surface area contributed by atoms with Gasteiger partial charge in [-0.3, -0.25) is 4.68 Å². The van der Waals surface area contributed by atoms with Crippen molar-refractivity contribution in [3.05, 3.63) is 42.6 Å². The summed E-state index contributed by atoms with van der Waals surface area (Å²) in [7, 11) is 3.90. The van der Waals surface area contributed by atoms with Crippen LogP contribution in [-0.4, -0.2) is 19.3 Å². The molecule has 0 aromatic carbocycles. The Labute approximate surface area is 101 Å². The molecule has 0 aliphatic rings. The van der Waals surface area contributed by atoms with Gasteiger partial charge in [0.25, 0.3) is 0 Å².